The summed E-state index contributed by atoms with van der Waals surface area (Å²) in [7, 11) is 0. The van der Waals surface area contributed by atoms with Crippen LogP contribution in [0, 0.1) is 0 Å². The molecular formula is C20H23NO3S2. The topological polar surface area (TPSA) is 51.6 Å². The van der Waals surface area contributed by atoms with Gasteiger partial charge in [0.1, 0.15) is 6.10 Å². The van der Waals surface area contributed by atoms with Gasteiger partial charge >= 0.3 is 0 Å². The van der Waals surface area contributed by atoms with Crippen LogP contribution < -0.4 is 0 Å². The van der Waals surface area contributed by atoms with E-state index in [1.807, 2.05) is 12.1 Å². The minimum atomic E-state index is -0.658. The second-order valence-corrected chi connectivity index (χ2v) is 8.49. The van der Waals surface area contributed by atoms with Crippen molar-refractivity contribution in [2.24, 2.45) is 0 Å². The van der Waals surface area contributed by atoms with Gasteiger partial charge in [-0.15, -0.1) is 11.8 Å². The van der Waals surface area contributed by atoms with Gasteiger partial charge in [-0.1, -0.05) is 6.07 Å². The van der Waals surface area contributed by atoms with Gasteiger partial charge in [0.15, 0.2) is 6.29 Å². The second kappa shape index (κ2) is 8.67. The van der Waals surface area contributed by atoms with E-state index in [9.17, 15) is 5.11 Å². The third kappa shape index (κ3) is 4.05. The number of rotatable bonds is 6. The Balaban J connectivity index is 1.58. The van der Waals surface area contributed by atoms with Crippen LogP contribution in [0.25, 0.3) is 0 Å². The summed E-state index contributed by atoms with van der Waals surface area (Å²) >= 11 is 3.49. The fraction of sp³-hybridized carbons (Fsp3) is 0.450. The Hall–Kier alpha value is -1.18. The molecule has 1 saturated heterocycles. The number of ether oxygens (including phenoxy) is 2. The van der Waals surface area contributed by atoms with Crippen LogP contribution in [0.3, 0.4) is 0 Å². The van der Waals surface area contributed by atoms with Gasteiger partial charge in [0, 0.05) is 41.1 Å². The predicted octanol–water partition coefficient (Wildman–Crippen LogP) is 4.50. The molecule has 1 N–H and O–H groups in total. The van der Waals surface area contributed by atoms with Gasteiger partial charge in [-0.2, -0.15) is 11.3 Å². The molecule has 3 unspecified atom stereocenters. The van der Waals surface area contributed by atoms with Crippen molar-refractivity contribution in [2.45, 2.75) is 37.6 Å². The third-order valence-corrected chi connectivity index (χ3v) is 6.80. The third-order valence-electron chi connectivity index (χ3n) is 4.90. The molecule has 4 heterocycles. The zero-order chi connectivity index (χ0) is 17.8. The molecule has 0 spiro atoms. The molecule has 0 bridgehead atoms. The molecule has 6 heteroatoms. The van der Waals surface area contributed by atoms with E-state index >= 15 is 0 Å². The van der Waals surface area contributed by atoms with Gasteiger partial charge in [-0.3, -0.25) is 4.98 Å². The Morgan fingerprint density at radius 3 is 3.04 bits per heavy atom. The average Bonchev–Trinajstić information content (AvgIpc) is 3.37. The first kappa shape index (κ1) is 18.2. The van der Waals surface area contributed by atoms with Crippen LogP contribution in [0.2, 0.25) is 0 Å². The van der Waals surface area contributed by atoms with Crippen molar-refractivity contribution in [2.75, 3.05) is 19.0 Å². The summed E-state index contributed by atoms with van der Waals surface area (Å²) in [6.07, 6.45) is 5.92. The highest BCUT2D eigenvalue weighted by Crippen LogP contribution is 2.47. The van der Waals surface area contributed by atoms with Crippen LogP contribution in [-0.2, 0) is 9.47 Å². The molecule has 2 aliphatic rings. The van der Waals surface area contributed by atoms with E-state index < -0.39 is 6.10 Å². The number of thioether (sulfide) groups is 1. The molecule has 4 nitrogen and oxygen atoms in total. The van der Waals surface area contributed by atoms with Crippen LogP contribution in [0.5, 0.6) is 0 Å². The zero-order valence-electron chi connectivity index (χ0n) is 14.5. The second-order valence-electron chi connectivity index (χ2n) is 6.59. The number of aliphatic hydroxyl groups is 1. The van der Waals surface area contributed by atoms with Gasteiger partial charge < -0.3 is 14.6 Å². The van der Waals surface area contributed by atoms with Crippen molar-refractivity contribution >= 4 is 23.1 Å². The fourth-order valence-electron chi connectivity index (χ4n) is 3.50. The lowest BCUT2D eigenvalue weighted by atomic mass is 9.88. The SMILES string of the molecule is OC(C1=C(COC2CCCCO2)SCC1c1ccsc1)c1cccnc1. The standard InChI is InChI=1S/C20H23NO3S2/c22-20(14-4-3-7-21-10-14)19-16(15-6-9-25-12-15)13-26-17(19)11-24-18-5-1-2-8-23-18/h3-4,6-7,9-10,12,16,18,20,22H,1-2,5,8,11,13H2. The molecule has 4 rings (SSSR count). The van der Waals surface area contributed by atoms with E-state index in [1.54, 1.807) is 35.5 Å². The zero-order valence-corrected chi connectivity index (χ0v) is 16.2. The Morgan fingerprint density at radius 2 is 2.31 bits per heavy atom. The maximum atomic E-state index is 11.1. The highest BCUT2D eigenvalue weighted by atomic mass is 32.2. The van der Waals surface area contributed by atoms with Crippen LogP contribution in [-0.4, -0.2) is 35.3 Å². The lowest BCUT2D eigenvalue weighted by Gasteiger charge is -2.24. The predicted molar refractivity (Wildman–Crippen MR) is 105 cm³/mol. The minimum Gasteiger partial charge on any atom is -0.384 e. The number of thiophene rings is 1. The summed E-state index contributed by atoms with van der Waals surface area (Å²) in [4.78, 5) is 5.30. The minimum absolute atomic E-state index is 0.117. The van der Waals surface area contributed by atoms with E-state index in [4.69, 9.17) is 9.47 Å². The molecule has 2 aromatic heterocycles. The molecule has 26 heavy (non-hydrogen) atoms. The first-order valence-corrected chi connectivity index (χ1v) is 10.9. The lowest BCUT2D eigenvalue weighted by Crippen LogP contribution is -2.23. The molecule has 2 aromatic rings. The fourth-order valence-corrected chi connectivity index (χ4v) is 5.52. The molecule has 2 aliphatic heterocycles. The van der Waals surface area contributed by atoms with Crippen LogP contribution in [0.4, 0.5) is 0 Å². The van der Waals surface area contributed by atoms with Gasteiger partial charge in [0.2, 0.25) is 0 Å². The lowest BCUT2D eigenvalue weighted by molar-refractivity contribution is -0.156. The smallest absolute Gasteiger partial charge is 0.158 e. The average molecular weight is 390 g/mol. The number of aromatic nitrogens is 1. The summed E-state index contributed by atoms with van der Waals surface area (Å²) in [5.74, 6) is 1.15. The Morgan fingerprint density at radius 1 is 1.35 bits per heavy atom. The van der Waals surface area contributed by atoms with Crippen molar-refractivity contribution in [3.05, 3.63) is 63.0 Å². The van der Waals surface area contributed by atoms with Crippen molar-refractivity contribution in [1.82, 2.24) is 4.98 Å². The number of pyridine rings is 1. The van der Waals surface area contributed by atoms with Crippen molar-refractivity contribution in [3.63, 3.8) is 0 Å². The summed E-state index contributed by atoms with van der Waals surface area (Å²) < 4.78 is 11.7. The number of aliphatic hydroxyl groups excluding tert-OH is 1. The van der Waals surface area contributed by atoms with Gasteiger partial charge in [-0.05, 0) is 53.3 Å². The van der Waals surface area contributed by atoms with E-state index in [-0.39, 0.29) is 12.2 Å². The summed E-state index contributed by atoms with van der Waals surface area (Å²) in [5, 5.41) is 15.4. The van der Waals surface area contributed by atoms with Gasteiger partial charge in [0.25, 0.3) is 0 Å². The Bertz CT molecular complexity index is 727. The van der Waals surface area contributed by atoms with E-state index in [0.29, 0.717) is 6.61 Å². The molecule has 0 aliphatic carbocycles. The van der Waals surface area contributed by atoms with Gasteiger partial charge in [-0.25, -0.2) is 0 Å². The van der Waals surface area contributed by atoms with Crippen molar-refractivity contribution in [3.8, 4) is 0 Å². The number of hydrogen-bond acceptors (Lipinski definition) is 6. The molecule has 0 aromatic carbocycles. The molecular weight excluding hydrogens is 366 g/mol. The molecule has 0 radical (unpaired) electrons. The van der Waals surface area contributed by atoms with E-state index in [2.05, 4.69) is 21.8 Å². The molecule has 1 fully saturated rings. The first-order chi connectivity index (χ1) is 12.8. The van der Waals surface area contributed by atoms with Crippen LogP contribution >= 0.6 is 23.1 Å². The van der Waals surface area contributed by atoms with Gasteiger partial charge in [0.05, 0.1) is 6.61 Å². The Labute approximate surface area is 162 Å². The van der Waals surface area contributed by atoms with Crippen molar-refractivity contribution in [1.29, 1.82) is 0 Å². The highest BCUT2D eigenvalue weighted by Gasteiger charge is 2.33. The summed E-state index contributed by atoms with van der Waals surface area (Å²) in [5.41, 5.74) is 3.15. The van der Waals surface area contributed by atoms with Crippen molar-refractivity contribution < 1.29 is 14.6 Å². The maximum Gasteiger partial charge on any atom is 0.158 e. The van der Waals surface area contributed by atoms with E-state index in [0.717, 1.165) is 47.7 Å². The summed E-state index contributed by atoms with van der Waals surface area (Å²) in [6.45, 7) is 1.28. The number of nitrogens with zero attached hydrogens (tertiary/aromatic N) is 1. The molecule has 3 atom stereocenters. The van der Waals surface area contributed by atoms with E-state index in [1.165, 1.54) is 5.56 Å². The largest absolute Gasteiger partial charge is 0.384 e. The Kier molecular flexibility index (Phi) is 6.07. The van der Waals surface area contributed by atoms with Crippen LogP contribution in [0.1, 0.15) is 42.4 Å². The number of hydrogen-bond donors (Lipinski definition) is 1. The quantitative estimate of drug-likeness (QED) is 0.788. The first-order valence-electron chi connectivity index (χ1n) is 9.02. The highest BCUT2D eigenvalue weighted by molar-refractivity contribution is 8.03. The monoisotopic (exact) mass is 389 g/mol. The maximum absolute atomic E-state index is 11.1. The summed E-state index contributed by atoms with van der Waals surface area (Å²) in [6, 6.07) is 5.95. The normalized spacial score (nSPS) is 24.8. The molecule has 0 amide bonds. The molecule has 138 valence electrons. The van der Waals surface area contributed by atoms with Crippen LogP contribution in [0.15, 0.2) is 51.8 Å². The molecule has 0 saturated carbocycles.